The van der Waals surface area contributed by atoms with Gasteiger partial charge in [0.25, 0.3) is 0 Å². The van der Waals surface area contributed by atoms with E-state index in [0.717, 1.165) is 17.5 Å². The third kappa shape index (κ3) is 3.59. The van der Waals surface area contributed by atoms with Crippen LogP contribution < -0.4 is 5.73 Å². The van der Waals surface area contributed by atoms with Crippen molar-refractivity contribution in [3.8, 4) is 0 Å². The van der Waals surface area contributed by atoms with Gasteiger partial charge in [-0.3, -0.25) is 0 Å². The van der Waals surface area contributed by atoms with Gasteiger partial charge in [0, 0.05) is 6.54 Å². The van der Waals surface area contributed by atoms with Crippen LogP contribution in [0.3, 0.4) is 0 Å². The fourth-order valence-corrected chi connectivity index (χ4v) is 1.30. The highest BCUT2D eigenvalue weighted by atomic mass is 16.5. The van der Waals surface area contributed by atoms with Crippen LogP contribution in [0.4, 0.5) is 0 Å². The first-order valence-corrected chi connectivity index (χ1v) is 5.66. The van der Waals surface area contributed by atoms with Crippen molar-refractivity contribution < 1.29 is 9.84 Å². The lowest BCUT2D eigenvalue weighted by molar-refractivity contribution is -0.0387. The molecule has 3 nitrogen and oxygen atoms in total. The van der Waals surface area contributed by atoms with Crippen LogP contribution in [0, 0.1) is 0 Å². The minimum atomic E-state index is -0.240. The van der Waals surface area contributed by atoms with E-state index in [-0.39, 0.29) is 12.2 Å². The molecule has 90 valence electrons. The summed E-state index contributed by atoms with van der Waals surface area (Å²) in [4.78, 5) is 0. The van der Waals surface area contributed by atoms with Crippen LogP contribution >= 0.6 is 0 Å². The Morgan fingerprint density at radius 2 is 1.81 bits per heavy atom. The molecule has 1 rings (SSSR count). The summed E-state index contributed by atoms with van der Waals surface area (Å²) >= 11 is 0. The van der Waals surface area contributed by atoms with Crippen LogP contribution in [0.5, 0.6) is 0 Å². The van der Waals surface area contributed by atoms with E-state index in [1.54, 1.807) is 0 Å². The first kappa shape index (κ1) is 13.2. The van der Waals surface area contributed by atoms with Gasteiger partial charge in [-0.2, -0.15) is 0 Å². The lowest BCUT2D eigenvalue weighted by atomic mass is 10.0. The molecule has 3 heteroatoms. The first-order chi connectivity index (χ1) is 7.63. The normalized spacial score (nSPS) is 14.8. The molecular formula is C13H21NO2. The Morgan fingerprint density at radius 1 is 1.25 bits per heavy atom. The Bertz CT molecular complexity index is 304. The van der Waals surface area contributed by atoms with Crippen LogP contribution in [0.2, 0.25) is 0 Å². The number of benzene rings is 1. The van der Waals surface area contributed by atoms with Crippen molar-refractivity contribution in [2.45, 2.75) is 39.1 Å². The van der Waals surface area contributed by atoms with Gasteiger partial charge in [-0.05, 0) is 24.5 Å². The standard InChI is InChI=1S/C13H21NO2/c1-3-13(2,10-14)16-9-12-6-4-11(8-15)5-7-12/h4-7,15H,3,8-10,14H2,1-2H3. The molecule has 3 N–H and O–H groups in total. The van der Waals surface area contributed by atoms with Gasteiger partial charge in [-0.25, -0.2) is 0 Å². The zero-order chi connectivity index (χ0) is 12.0. The molecule has 0 aromatic heterocycles. The van der Waals surface area contributed by atoms with Crippen molar-refractivity contribution in [3.05, 3.63) is 35.4 Å². The summed E-state index contributed by atoms with van der Waals surface area (Å²) in [5, 5.41) is 8.92. The Balaban J connectivity index is 2.54. The summed E-state index contributed by atoms with van der Waals surface area (Å²) in [6.45, 7) is 5.26. The molecule has 1 aromatic rings. The predicted molar refractivity (Wildman–Crippen MR) is 64.9 cm³/mol. The Kier molecular flexibility index (Phi) is 4.93. The van der Waals surface area contributed by atoms with E-state index in [0.29, 0.717) is 13.2 Å². The minimum Gasteiger partial charge on any atom is -0.392 e. The number of hydrogen-bond acceptors (Lipinski definition) is 3. The van der Waals surface area contributed by atoms with Crippen molar-refractivity contribution in [1.29, 1.82) is 0 Å². The molecule has 0 saturated heterocycles. The monoisotopic (exact) mass is 223 g/mol. The Morgan fingerprint density at radius 3 is 2.25 bits per heavy atom. The molecule has 0 heterocycles. The van der Waals surface area contributed by atoms with Gasteiger partial charge in [0.15, 0.2) is 0 Å². The van der Waals surface area contributed by atoms with E-state index in [9.17, 15) is 0 Å². The van der Waals surface area contributed by atoms with E-state index in [2.05, 4.69) is 6.92 Å². The summed E-state index contributed by atoms with van der Waals surface area (Å²) in [6, 6.07) is 7.76. The number of aliphatic hydroxyl groups is 1. The lowest BCUT2D eigenvalue weighted by Gasteiger charge is -2.27. The number of aliphatic hydroxyl groups excluding tert-OH is 1. The third-order valence-electron chi connectivity index (χ3n) is 2.97. The van der Waals surface area contributed by atoms with E-state index >= 15 is 0 Å². The molecule has 0 saturated carbocycles. The molecule has 0 aliphatic heterocycles. The maximum Gasteiger partial charge on any atom is 0.0778 e. The maximum atomic E-state index is 8.92. The molecule has 0 radical (unpaired) electrons. The van der Waals surface area contributed by atoms with Crippen LogP contribution in [0.15, 0.2) is 24.3 Å². The number of nitrogens with two attached hydrogens (primary N) is 1. The highest BCUT2D eigenvalue weighted by Gasteiger charge is 2.20. The summed E-state index contributed by atoms with van der Waals surface area (Å²) in [6.07, 6.45) is 0.901. The average Bonchev–Trinajstić information content (AvgIpc) is 2.36. The van der Waals surface area contributed by atoms with E-state index in [1.807, 2.05) is 31.2 Å². The molecule has 0 aliphatic carbocycles. The summed E-state index contributed by atoms with van der Waals surface area (Å²) in [5.41, 5.74) is 7.45. The van der Waals surface area contributed by atoms with Gasteiger partial charge in [-0.1, -0.05) is 31.2 Å². The van der Waals surface area contributed by atoms with Crippen molar-refractivity contribution in [2.75, 3.05) is 6.54 Å². The van der Waals surface area contributed by atoms with E-state index in [4.69, 9.17) is 15.6 Å². The SMILES string of the molecule is CCC(C)(CN)OCc1ccc(CO)cc1. The van der Waals surface area contributed by atoms with E-state index < -0.39 is 0 Å². The fraction of sp³-hybridized carbons (Fsp3) is 0.538. The van der Waals surface area contributed by atoms with Crippen molar-refractivity contribution >= 4 is 0 Å². The largest absolute Gasteiger partial charge is 0.392 e. The molecule has 0 amide bonds. The average molecular weight is 223 g/mol. The maximum absolute atomic E-state index is 8.92. The van der Waals surface area contributed by atoms with Gasteiger partial charge in [0.1, 0.15) is 0 Å². The van der Waals surface area contributed by atoms with Crippen molar-refractivity contribution in [3.63, 3.8) is 0 Å². The molecule has 0 aliphatic rings. The Hall–Kier alpha value is -0.900. The smallest absolute Gasteiger partial charge is 0.0778 e. The second kappa shape index (κ2) is 5.99. The highest BCUT2D eigenvalue weighted by molar-refractivity contribution is 5.21. The number of rotatable bonds is 6. The van der Waals surface area contributed by atoms with Gasteiger partial charge in [-0.15, -0.1) is 0 Å². The predicted octanol–water partition coefficient (Wildman–Crippen LogP) is 1.82. The highest BCUT2D eigenvalue weighted by Crippen LogP contribution is 2.16. The zero-order valence-corrected chi connectivity index (χ0v) is 10.1. The quantitative estimate of drug-likeness (QED) is 0.773. The first-order valence-electron chi connectivity index (χ1n) is 5.66. The van der Waals surface area contributed by atoms with Crippen LogP contribution in [-0.2, 0) is 18.0 Å². The third-order valence-corrected chi connectivity index (χ3v) is 2.97. The topological polar surface area (TPSA) is 55.5 Å². The van der Waals surface area contributed by atoms with Crippen LogP contribution in [0.25, 0.3) is 0 Å². The van der Waals surface area contributed by atoms with Gasteiger partial charge < -0.3 is 15.6 Å². The number of hydrogen-bond donors (Lipinski definition) is 2. The number of ether oxygens (including phenoxy) is 1. The molecule has 0 bridgehead atoms. The van der Waals surface area contributed by atoms with Crippen molar-refractivity contribution in [2.24, 2.45) is 5.73 Å². The molecule has 1 atom stereocenters. The molecular weight excluding hydrogens is 202 g/mol. The Labute approximate surface area is 97.2 Å². The summed E-state index contributed by atoms with van der Waals surface area (Å²) in [5.74, 6) is 0. The molecule has 1 unspecified atom stereocenters. The van der Waals surface area contributed by atoms with Gasteiger partial charge in [0.05, 0.1) is 18.8 Å². The molecule has 1 aromatic carbocycles. The fourth-order valence-electron chi connectivity index (χ4n) is 1.30. The molecule has 0 fully saturated rings. The van der Waals surface area contributed by atoms with E-state index in [1.165, 1.54) is 0 Å². The lowest BCUT2D eigenvalue weighted by Crippen LogP contribution is -2.36. The van der Waals surface area contributed by atoms with Crippen LogP contribution in [-0.4, -0.2) is 17.3 Å². The summed E-state index contributed by atoms with van der Waals surface area (Å²) < 4.78 is 5.80. The summed E-state index contributed by atoms with van der Waals surface area (Å²) in [7, 11) is 0. The zero-order valence-electron chi connectivity index (χ0n) is 10.1. The van der Waals surface area contributed by atoms with Crippen molar-refractivity contribution in [1.82, 2.24) is 0 Å². The van der Waals surface area contributed by atoms with Gasteiger partial charge in [0.2, 0.25) is 0 Å². The molecule has 0 spiro atoms. The second-order valence-corrected chi connectivity index (χ2v) is 4.27. The van der Waals surface area contributed by atoms with Crippen LogP contribution in [0.1, 0.15) is 31.4 Å². The van der Waals surface area contributed by atoms with Gasteiger partial charge >= 0.3 is 0 Å². The minimum absolute atomic E-state index is 0.0800. The molecule has 16 heavy (non-hydrogen) atoms. The second-order valence-electron chi connectivity index (χ2n) is 4.27.